The molecule has 0 aliphatic heterocycles. The van der Waals surface area contributed by atoms with E-state index in [1.165, 1.54) is 11.8 Å². The van der Waals surface area contributed by atoms with Crippen LogP contribution in [0.5, 0.6) is 11.5 Å². The first-order valence-electron chi connectivity index (χ1n) is 12.7. The molecule has 0 unspecified atom stereocenters. The van der Waals surface area contributed by atoms with Crippen LogP contribution in [-0.4, -0.2) is 36.7 Å². The Labute approximate surface area is 250 Å². The van der Waals surface area contributed by atoms with E-state index in [1.54, 1.807) is 61.9 Å². The number of nitrogens with zero attached hydrogens (tertiary/aromatic N) is 2. The van der Waals surface area contributed by atoms with Gasteiger partial charge in [-0.3, -0.25) is 9.59 Å². The van der Waals surface area contributed by atoms with Gasteiger partial charge in [-0.25, -0.2) is 10.4 Å². The summed E-state index contributed by atoms with van der Waals surface area (Å²) >= 11 is 7.49. The lowest BCUT2D eigenvalue weighted by atomic mass is 10.1. The van der Waals surface area contributed by atoms with Crippen molar-refractivity contribution in [2.24, 2.45) is 5.10 Å². The van der Waals surface area contributed by atoms with Crippen LogP contribution >= 0.6 is 23.4 Å². The molecule has 5 aromatic rings. The molecule has 0 aliphatic carbocycles. The second-order valence-electron chi connectivity index (χ2n) is 8.85. The molecular weight excluding hydrogens is 576 g/mol. The molecule has 9 nitrogen and oxygen atoms in total. The van der Waals surface area contributed by atoms with Gasteiger partial charge >= 0.3 is 0 Å². The van der Waals surface area contributed by atoms with E-state index in [-0.39, 0.29) is 12.5 Å². The molecule has 2 amide bonds. The van der Waals surface area contributed by atoms with Gasteiger partial charge in [0.15, 0.2) is 12.2 Å². The highest BCUT2D eigenvalue weighted by Gasteiger charge is 2.11. The maximum atomic E-state index is 12.6. The summed E-state index contributed by atoms with van der Waals surface area (Å²) in [7, 11) is 1.61. The number of carbonyl (C=O) groups is 2. The van der Waals surface area contributed by atoms with E-state index < -0.39 is 5.91 Å². The zero-order chi connectivity index (χ0) is 29.3. The molecule has 212 valence electrons. The first kappa shape index (κ1) is 28.7. The van der Waals surface area contributed by atoms with Gasteiger partial charge in [-0.1, -0.05) is 47.6 Å². The SMILES string of the molecule is COc1ccc(C=NNC(=O)c2ccc(NC(=O)COc3ccccc3Cl)cc2)cc1CSc1nc2ccccc2o1. The molecule has 2 N–H and O–H groups in total. The van der Waals surface area contributed by atoms with Crippen molar-refractivity contribution in [1.82, 2.24) is 10.4 Å². The van der Waals surface area contributed by atoms with E-state index in [4.69, 9.17) is 25.5 Å². The Morgan fingerprint density at radius 2 is 1.79 bits per heavy atom. The van der Waals surface area contributed by atoms with Gasteiger partial charge in [0.05, 0.1) is 18.3 Å². The molecule has 0 fully saturated rings. The summed E-state index contributed by atoms with van der Waals surface area (Å²) in [6.07, 6.45) is 1.55. The van der Waals surface area contributed by atoms with Gasteiger partial charge in [-0.15, -0.1) is 0 Å². The van der Waals surface area contributed by atoms with Crippen molar-refractivity contribution >= 4 is 58.2 Å². The van der Waals surface area contributed by atoms with Gasteiger partial charge in [-0.05, 0) is 72.3 Å². The molecule has 0 atom stereocenters. The molecule has 0 saturated carbocycles. The van der Waals surface area contributed by atoms with E-state index in [0.29, 0.717) is 33.0 Å². The fourth-order valence-corrected chi connectivity index (χ4v) is 4.89. The summed E-state index contributed by atoms with van der Waals surface area (Å²) in [5.74, 6) is 0.960. The Balaban J connectivity index is 1.13. The first-order chi connectivity index (χ1) is 20.5. The molecule has 4 aromatic carbocycles. The minimum atomic E-state index is -0.397. The van der Waals surface area contributed by atoms with E-state index in [2.05, 4.69) is 20.8 Å². The molecule has 5 rings (SSSR count). The normalized spacial score (nSPS) is 11.0. The minimum absolute atomic E-state index is 0.205. The molecule has 1 heterocycles. The number of ether oxygens (including phenoxy) is 2. The highest BCUT2D eigenvalue weighted by molar-refractivity contribution is 7.98. The van der Waals surface area contributed by atoms with E-state index in [0.717, 1.165) is 28.0 Å². The number of methoxy groups -OCH3 is 1. The lowest BCUT2D eigenvalue weighted by Crippen LogP contribution is -2.20. The van der Waals surface area contributed by atoms with Crippen molar-refractivity contribution in [1.29, 1.82) is 0 Å². The molecular formula is C31H25ClN4O5S. The lowest BCUT2D eigenvalue weighted by molar-refractivity contribution is -0.118. The number of halogens is 1. The van der Waals surface area contributed by atoms with Crippen LogP contribution in [0.4, 0.5) is 5.69 Å². The number of aromatic nitrogens is 1. The van der Waals surface area contributed by atoms with E-state index >= 15 is 0 Å². The highest BCUT2D eigenvalue weighted by atomic mass is 35.5. The van der Waals surface area contributed by atoms with Crippen molar-refractivity contribution in [3.8, 4) is 11.5 Å². The molecule has 0 aliphatic rings. The standard InChI is InChI=1S/C31H25ClN4O5S/c1-39-26-15-10-20(16-22(26)19-42-31-35-25-7-3-5-9-28(25)41-31)17-33-36-30(38)21-11-13-23(14-12-21)34-29(37)18-40-27-8-4-2-6-24(27)32/h2-17H,18-19H2,1H3,(H,34,37)(H,36,38). The number of hydrogen-bond acceptors (Lipinski definition) is 8. The van der Waals surface area contributed by atoms with Crippen LogP contribution in [0.2, 0.25) is 5.02 Å². The molecule has 0 bridgehead atoms. The number of nitrogens with one attached hydrogen (secondary N) is 2. The van der Waals surface area contributed by atoms with Gasteiger partial charge in [0.2, 0.25) is 0 Å². The predicted octanol–water partition coefficient (Wildman–Crippen LogP) is 6.56. The van der Waals surface area contributed by atoms with Crippen molar-refractivity contribution in [2.45, 2.75) is 11.0 Å². The number of fused-ring (bicyclic) bond motifs is 1. The number of para-hydroxylation sites is 3. The largest absolute Gasteiger partial charge is 0.496 e. The van der Waals surface area contributed by atoms with Crippen molar-refractivity contribution < 1.29 is 23.5 Å². The van der Waals surface area contributed by atoms with Gasteiger partial charge < -0.3 is 19.2 Å². The summed E-state index contributed by atoms with van der Waals surface area (Å²) < 4.78 is 16.7. The number of rotatable bonds is 11. The number of amides is 2. The van der Waals surface area contributed by atoms with Crippen LogP contribution in [0.3, 0.4) is 0 Å². The number of benzene rings is 4. The van der Waals surface area contributed by atoms with Crippen LogP contribution in [0, 0.1) is 0 Å². The smallest absolute Gasteiger partial charge is 0.271 e. The van der Waals surface area contributed by atoms with E-state index in [9.17, 15) is 9.59 Å². The fraction of sp³-hybridized carbons (Fsp3) is 0.0968. The van der Waals surface area contributed by atoms with Crippen LogP contribution in [0.1, 0.15) is 21.5 Å². The Hall–Kier alpha value is -4.80. The maximum Gasteiger partial charge on any atom is 0.271 e. The zero-order valence-electron chi connectivity index (χ0n) is 22.4. The number of oxazole rings is 1. The number of anilines is 1. The quantitative estimate of drug-likeness (QED) is 0.100. The van der Waals surface area contributed by atoms with E-state index in [1.807, 2.05) is 42.5 Å². The third-order valence-electron chi connectivity index (χ3n) is 5.94. The summed E-state index contributed by atoms with van der Waals surface area (Å²) in [4.78, 5) is 29.3. The van der Waals surface area contributed by atoms with Crippen LogP contribution < -0.4 is 20.2 Å². The van der Waals surface area contributed by atoms with Gasteiger partial charge in [0.25, 0.3) is 17.0 Å². The summed E-state index contributed by atoms with van der Waals surface area (Å²) in [6.45, 7) is -0.205. The molecule has 0 saturated heterocycles. The summed E-state index contributed by atoms with van der Waals surface area (Å²) in [5, 5.41) is 7.80. The average Bonchev–Trinajstić information content (AvgIpc) is 3.43. The number of hydrogen-bond donors (Lipinski definition) is 2. The third kappa shape index (κ3) is 7.48. The molecule has 0 spiro atoms. The molecule has 1 aromatic heterocycles. The van der Waals surface area contributed by atoms with Crippen molar-refractivity contribution in [3.63, 3.8) is 0 Å². The molecule has 42 heavy (non-hydrogen) atoms. The Kier molecular flexibility index (Phi) is 9.37. The Morgan fingerprint density at radius 3 is 2.57 bits per heavy atom. The van der Waals surface area contributed by atoms with Gasteiger partial charge in [0.1, 0.15) is 17.0 Å². The zero-order valence-corrected chi connectivity index (χ0v) is 23.9. The van der Waals surface area contributed by atoms with Crippen molar-refractivity contribution in [2.75, 3.05) is 19.0 Å². The second-order valence-corrected chi connectivity index (χ2v) is 10.2. The topological polar surface area (TPSA) is 115 Å². The van der Waals surface area contributed by atoms with Crippen LogP contribution in [-0.2, 0) is 10.5 Å². The summed E-state index contributed by atoms with van der Waals surface area (Å²) in [5.41, 5.74) is 6.67. The second kappa shape index (κ2) is 13.7. The third-order valence-corrected chi connectivity index (χ3v) is 7.13. The monoisotopic (exact) mass is 600 g/mol. The number of hydrazone groups is 1. The average molecular weight is 601 g/mol. The number of carbonyl (C=O) groups excluding carboxylic acids is 2. The Bertz CT molecular complexity index is 1710. The minimum Gasteiger partial charge on any atom is -0.496 e. The van der Waals surface area contributed by atoms with Crippen molar-refractivity contribution in [3.05, 3.63) is 113 Å². The number of thioether (sulfide) groups is 1. The van der Waals surface area contributed by atoms with Crippen LogP contribution in [0.15, 0.2) is 106 Å². The van der Waals surface area contributed by atoms with Gasteiger partial charge in [0, 0.05) is 22.6 Å². The lowest BCUT2D eigenvalue weighted by Gasteiger charge is -2.09. The Morgan fingerprint density at radius 1 is 1.00 bits per heavy atom. The fourth-order valence-electron chi connectivity index (χ4n) is 3.88. The molecule has 0 radical (unpaired) electrons. The van der Waals surface area contributed by atoms with Gasteiger partial charge in [-0.2, -0.15) is 5.10 Å². The first-order valence-corrected chi connectivity index (χ1v) is 14.1. The summed E-state index contributed by atoms with van der Waals surface area (Å²) in [6, 6.07) is 26.5. The predicted molar refractivity (Wildman–Crippen MR) is 164 cm³/mol. The molecule has 11 heteroatoms. The highest BCUT2D eigenvalue weighted by Crippen LogP contribution is 2.30. The maximum absolute atomic E-state index is 12.6. The van der Waals surface area contributed by atoms with Crippen LogP contribution in [0.25, 0.3) is 11.1 Å².